The lowest BCUT2D eigenvalue weighted by Crippen LogP contribution is -2.32. The molecule has 0 unspecified atom stereocenters. The number of nitrogens with one attached hydrogen (secondary N) is 3. The van der Waals surface area contributed by atoms with E-state index in [1.165, 1.54) is 0 Å². The Kier molecular flexibility index (Phi) is 6.41. The maximum absolute atomic E-state index is 12.4. The molecular formula is C20H22N6O3. The molecule has 0 spiro atoms. The monoisotopic (exact) mass is 394 g/mol. The van der Waals surface area contributed by atoms with Gasteiger partial charge in [0.2, 0.25) is 17.8 Å². The van der Waals surface area contributed by atoms with Crippen LogP contribution in [0.15, 0.2) is 64.6 Å². The van der Waals surface area contributed by atoms with Gasteiger partial charge in [-0.3, -0.25) is 14.9 Å². The highest BCUT2D eigenvalue weighted by molar-refractivity contribution is 6.11. The van der Waals surface area contributed by atoms with Crippen LogP contribution < -0.4 is 26.4 Å². The normalized spacial score (nSPS) is 16.0. The third kappa shape index (κ3) is 5.55. The van der Waals surface area contributed by atoms with Crippen molar-refractivity contribution >= 4 is 35.1 Å². The molecule has 2 aromatic rings. The second-order valence-corrected chi connectivity index (χ2v) is 6.13. The van der Waals surface area contributed by atoms with Crippen LogP contribution >= 0.6 is 0 Å². The highest BCUT2D eigenvalue weighted by atomic mass is 16.5. The Bertz CT molecular complexity index is 942. The highest BCUT2D eigenvalue weighted by Crippen LogP contribution is 2.24. The predicted molar refractivity (Wildman–Crippen MR) is 112 cm³/mol. The third-order valence-corrected chi connectivity index (χ3v) is 3.93. The molecule has 0 aromatic heterocycles. The highest BCUT2D eigenvalue weighted by Gasteiger charge is 2.29. The Labute approximate surface area is 168 Å². The number of amides is 2. The molecule has 0 fully saturated rings. The largest absolute Gasteiger partial charge is 0.492 e. The average Bonchev–Trinajstić information content (AvgIpc) is 3.02. The predicted octanol–water partition coefficient (Wildman–Crippen LogP) is 1.70. The lowest BCUT2D eigenvalue weighted by molar-refractivity contribution is -0.123. The molecular weight excluding hydrogens is 372 g/mol. The van der Waals surface area contributed by atoms with E-state index in [1.807, 2.05) is 43.3 Å². The molecule has 2 amide bonds. The summed E-state index contributed by atoms with van der Waals surface area (Å²) in [5.74, 6) is -0.0756. The summed E-state index contributed by atoms with van der Waals surface area (Å²) in [6, 6.07) is 15.4. The van der Waals surface area contributed by atoms with E-state index in [4.69, 9.17) is 10.5 Å². The first kappa shape index (κ1) is 19.9. The summed E-state index contributed by atoms with van der Waals surface area (Å²) in [7, 11) is 0. The van der Waals surface area contributed by atoms with E-state index < -0.39 is 11.9 Å². The molecule has 0 bridgehead atoms. The molecule has 1 atom stereocenters. The van der Waals surface area contributed by atoms with Gasteiger partial charge in [0.1, 0.15) is 11.8 Å². The number of benzene rings is 2. The average molecular weight is 394 g/mol. The zero-order chi connectivity index (χ0) is 20.6. The molecule has 0 saturated carbocycles. The van der Waals surface area contributed by atoms with Crippen LogP contribution in [0.1, 0.15) is 13.3 Å². The maximum atomic E-state index is 12.4. The minimum Gasteiger partial charge on any atom is -0.492 e. The van der Waals surface area contributed by atoms with Crippen molar-refractivity contribution in [2.75, 3.05) is 17.2 Å². The van der Waals surface area contributed by atoms with Crippen molar-refractivity contribution in [2.45, 2.75) is 19.4 Å². The van der Waals surface area contributed by atoms with Gasteiger partial charge < -0.3 is 21.1 Å². The number of para-hydroxylation sites is 3. The standard InChI is InChI=1S/C20H22N6O3/c1-2-29-16-11-7-6-10-14(16)23-17(27)12-15-18(28)25-20(24-15)26-19(21)22-13-8-4-3-5-9-13/h3-11,15H,2,12H2,1H3,(H,23,27)(H4,21,22,24,25,26,28)/t15-/m0/s1. The van der Waals surface area contributed by atoms with E-state index in [0.717, 1.165) is 5.69 Å². The van der Waals surface area contributed by atoms with E-state index in [-0.39, 0.29) is 24.2 Å². The van der Waals surface area contributed by atoms with Gasteiger partial charge in [-0.2, -0.15) is 4.99 Å². The zero-order valence-electron chi connectivity index (χ0n) is 15.9. The van der Waals surface area contributed by atoms with Crippen molar-refractivity contribution in [2.24, 2.45) is 15.7 Å². The molecule has 5 N–H and O–H groups in total. The van der Waals surface area contributed by atoms with Gasteiger partial charge in [-0.25, -0.2) is 4.99 Å². The molecule has 1 aliphatic rings. The number of nitrogens with zero attached hydrogens (tertiary/aromatic N) is 2. The lowest BCUT2D eigenvalue weighted by atomic mass is 10.2. The smallest absolute Gasteiger partial charge is 0.252 e. The number of aliphatic imine (C=N–C) groups is 2. The fraction of sp³-hybridized carbons (Fsp3) is 0.200. The van der Waals surface area contributed by atoms with Crippen molar-refractivity contribution in [3.05, 3.63) is 54.6 Å². The number of rotatable bonds is 6. The quantitative estimate of drug-likeness (QED) is 0.438. The number of carbonyl (C=O) groups excluding carboxylic acids is 2. The second-order valence-electron chi connectivity index (χ2n) is 6.13. The topological polar surface area (TPSA) is 130 Å². The summed E-state index contributed by atoms with van der Waals surface area (Å²) in [5, 5.41) is 8.16. The van der Waals surface area contributed by atoms with Crippen LogP contribution in [0.3, 0.4) is 0 Å². The number of ether oxygens (including phenoxy) is 1. The van der Waals surface area contributed by atoms with E-state index in [2.05, 4.69) is 25.9 Å². The van der Waals surface area contributed by atoms with Gasteiger partial charge in [-0.1, -0.05) is 30.3 Å². The Morgan fingerprint density at radius 2 is 1.90 bits per heavy atom. The SMILES string of the molecule is CCOc1ccccc1NC(=O)C[C@@H]1N=C(N=C(N)Nc2ccccc2)NC1=O. The summed E-state index contributed by atoms with van der Waals surface area (Å²) in [4.78, 5) is 32.7. The summed E-state index contributed by atoms with van der Waals surface area (Å²) in [6.45, 7) is 2.33. The van der Waals surface area contributed by atoms with Gasteiger partial charge in [-0.15, -0.1) is 0 Å². The van der Waals surface area contributed by atoms with E-state index in [9.17, 15) is 9.59 Å². The van der Waals surface area contributed by atoms with Crippen LogP contribution in [0.4, 0.5) is 11.4 Å². The summed E-state index contributed by atoms with van der Waals surface area (Å²) in [6.07, 6.45) is -0.128. The molecule has 3 rings (SSSR count). The fourth-order valence-electron chi connectivity index (χ4n) is 2.67. The van der Waals surface area contributed by atoms with Crippen molar-refractivity contribution in [3.8, 4) is 5.75 Å². The number of carbonyl (C=O) groups is 2. The number of anilines is 2. The molecule has 2 aromatic carbocycles. The fourth-order valence-corrected chi connectivity index (χ4v) is 2.67. The van der Waals surface area contributed by atoms with Gasteiger partial charge in [0.25, 0.3) is 5.91 Å². The van der Waals surface area contributed by atoms with Gasteiger partial charge >= 0.3 is 0 Å². The van der Waals surface area contributed by atoms with Crippen LogP contribution in [0, 0.1) is 0 Å². The van der Waals surface area contributed by atoms with Crippen LogP contribution in [-0.2, 0) is 9.59 Å². The summed E-state index contributed by atoms with van der Waals surface area (Å²) in [5.41, 5.74) is 7.13. The van der Waals surface area contributed by atoms with E-state index in [0.29, 0.717) is 18.0 Å². The van der Waals surface area contributed by atoms with Crippen molar-refractivity contribution < 1.29 is 14.3 Å². The zero-order valence-corrected chi connectivity index (χ0v) is 15.9. The first-order valence-corrected chi connectivity index (χ1v) is 9.11. The molecule has 1 aliphatic heterocycles. The third-order valence-electron chi connectivity index (χ3n) is 3.93. The Morgan fingerprint density at radius 1 is 1.17 bits per heavy atom. The Morgan fingerprint density at radius 3 is 2.66 bits per heavy atom. The molecule has 0 aliphatic carbocycles. The van der Waals surface area contributed by atoms with Crippen LogP contribution in [-0.4, -0.2) is 36.4 Å². The first-order chi connectivity index (χ1) is 14.0. The minimum absolute atomic E-state index is 0.0587. The van der Waals surface area contributed by atoms with Gasteiger partial charge in [0.15, 0.2) is 0 Å². The van der Waals surface area contributed by atoms with E-state index >= 15 is 0 Å². The van der Waals surface area contributed by atoms with Gasteiger partial charge in [0.05, 0.1) is 18.7 Å². The molecule has 0 radical (unpaired) electrons. The van der Waals surface area contributed by atoms with Gasteiger partial charge in [0, 0.05) is 5.69 Å². The molecule has 150 valence electrons. The molecule has 0 saturated heterocycles. The van der Waals surface area contributed by atoms with Crippen molar-refractivity contribution in [3.63, 3.8) is 0 Å². The number of hydrogen-bond acceptors (Lipinski definition) is 5. The number of guanidine groups is 2. The van der Waals surface area contributed by atoms with Crippen LogP contribution in [0.25, 0.3) is 0 Å². The van der Waals surface area contributed by atoms with Crippen molar-refractivity contribution in [1.82, 2.24) is 5.32 Å². The Balaban J connectivity index is 1.61. The number of hydrogen-bond donors (Lipinski definition) is 4. The lowest BCUT2D eigenvalue weighted by Gasteiger charge is -2.11. The second kappa shape index (κ2) is 9.36. The molecule has 1 heterocycles. The molecule has 9 nitrogen and oxygen atoms in total. The molecule has 9 heteroatoms. The van der Waals surface area contributed by atoms with Gasteiger partial charge in [-0.05, 0) is 31.2 Å². The Hall–Kier alpha value is -3.88. The van der Waals surface area contributed by atoms with Crippen molar-refractivity contribution in [1.29, 1.82) is 0 Å². The minimum atomic E-state index is -0.877. The van der Waals surface area contributed by atoms with Crippen LogP contribution in [0.2, 0.25) is 0 Å². The summed E-state index contributed by atoms with van der Waals surface area (Å²) >= 11 is 0. The first-order valence-electron chi connectivity index (χ1n) is 9.11. The maximum Gasteiger partial charge on any atom is 0.252 e. The number of nitrogens with two attached hydrogens (primary N) is 1. The molecule has 29 heavy (non-hydrogen) atoms. The summed E-state index contributed by atoms with van der Waals surface area (Å²) < 4.78 is 5.48. The van der Waals surface area contributed by atoms with E-state index in [1.54, 1.807) is 18.2 Å². The van der Waals surface area contributed by atoms with Crippen LogP contribution in [0.5, 0.6) is 5.75 Å².